The van der Waals surface area contributed by atoms with Crippen LogP contribution in [0.3, 0.4) is 0 Å². The number of imidazole rings is 1. The summed E-state index contributed by atoms with van der Waals surface area (Å²) in [5, 5.41) is 4.01. The van der Waals surface area contributed by atoms with Crippen LogP contribution in [0.4, 0.5) is 0 Å². The van der Waals surface area contributed by atoms with Crippen LogP contribution in [0.2, 0.25) is 0 Å². The second-order valence-electron chi connectivity index (χ2n) is 6.84. The Morgan fingerprint density at radius 3 is 2.78 bits per heavy atom. The molecule has 2 aromatic heterocycles. The minimum absolute atomic E-state index is 0.0372. The monoisotopic (exact) mass is 397 g/mol. The highest BCUT2D eigenvalue weighted by Crippen LogP contribution is 2.27. The predicted molar refractivity (Wildman–Crippen MR) is 92.0 cm³/mol. The zero-order valence-corrected chi connectivity index (χ0v) is 16.0. The Hall–Kier alpha value is -1.82. The zero-order valence-electron chi connectivity index (χ0n) is 15.2. The van der Waals surface area contributed by atoms with Gasteiger partial charge in [0, 0.05) is 32.9 Å². The van der Waals surface area contributed by atoms with Gasteiger partial charge in [-0.05, 0) is 25.7 Å². The van der Waals surface area contributed by atoms with Crippen molar-refractivity contribution in [2.45, 2.75) is 49.5 Å². The molecular formula is C16H23N5O5S. The van der Waals surface area contributed by atoms with Crippen LogP contribution in [0, 0.1) is 0 Å². The van der Waals surface area contributed by atoms with Crippen LogP contribution in [0.5, 0.6) is 0 Å². The van der Waals surface area contributed by atoms with E-state index in [1.165, 1.54) is 16.8 Å². The molecule has 0 radical (unpaired) electrons. The molecule has 0 N–H and O–H groups in total. The molecule has 4 rings (SSSR count). The van der Waals surface area contributed by atoms with E-state index in [-0.39, 0.29) is 23.8 Å². The quantitative estimate of drug-likeness (QED) is 0.710. The van der Waals surface area contributed by atoms with Gasteiger partial charge in [0.1, 0.15) is 12.7 Å². The van der Waals surface area contributed by atoms with Gasteiger partial charge in [-0.25, -0.2) is 13.4 Å². The Bertz CT molecular complexity index is 865. The Kier molecular flexibility index (Phi) is 5.26. The fraction of sp³-hybridized carbons (Fsp3) is 0.688. The maximum Gasteiger partial charge on any atom is 0.262 e. The van der Waals surface area contributed by atoms with E-state index in [1.54, 1.807) is 11.6 Å². The van der Waals surface area contributed by atoms with Crippen molar-refractivity contribution < 1.29 is 22.4 Å². The van der Waals surface area contributed by atoms with Gasteiger partial charge in [-0.15, -0.1) is 0 Å². The van der Waals surface area contributed by atoms with Crippen molar-refractivity contribution >= 4 is 10.0 Å². The Morgan fingerprint density at radius 2 is 2.11 bits per heavy atom. The standard InChI is InChI=1S/C16H23N5O5S/c1-20-9-15(17-11-20)27(22,23)21-6-4-12(5-7-21)25-10-14-18-16(26-19-14)13-3-2-8-24-13/h9,11-13H,2-8,10H2,1H3. The first-order chi connectivity index (χ1) is 13.0. The van der Waals surface area contributed by atoms with Gasteiger partial charge in [0.25, 0.3) is 15.9 Å². The van der Waals surface area contributed by atoms with Crippen LogP contribution < -0.4 is 0 Å². The van der Waals surface area contributed by atoms with E-state index < -0.39 is 10.0 Å². The molecule has 1 atom stereocenters. The van der Waals surface area contributed by atoms with Crippen molar-refractivity contribution in [3.8, 4) is 0 Å². The average molecular weight is 397 g/mol. The normalized spacial score (nSPS) is 22.5. The number of sulfonamides is 1. The van der Waals surface area contributed by atoms with E-state index in [9.17, 15) is 8.42 Å². The highest BCUT2D eigenvalue weighted by atomic mass is 32.2. The van der Waals surface area contributed by atoms with Crippen LogP contribution >= 0.6 is 0 Å². The molecule has 10 nitrogen and oxygen atoms in total. The van der Waals surface area contributed by atoms with Gasteiger partial charge in [0.2, 0.25) is 0 Å². The molecule has 2 aliphatic rings. The van der Waals surface area contributed by atoms with Gasteiger partial charge in [-0.3, -0.25) is 0 Å². The molecule has 0 saturated carbocycles. The highest BCUT2D eigenvalue weighted by Gasteiger charge is 2.31. The molecule has 27 heavy (non-hydrogen) atoms. The van der Waals surface area contributed by atoms with E-state index in [0.717, 1.165) is 19.4 Å². The minimum atomic E-state index is -3.55. The third-order valence-corrected chi connectivity index (χ3v) is 6.61. The minimum Gasteiger partial charge on any atom is -0.370 e. The van der Waals surface area contributed by atoms with Gasteiger partial charge in [-0.2, -0.15) is 9.29 Å². The third kappa shape index (κ3) is 4.05. The number of aryl methyl sites for hydroxylation is 1. The summed E-state index contributed by atoms with van der Waals surface area (Å²) in [4.78, 5) is 8.29. The number of rotatable bonds is 6. The van der Waals surface area contributed by atoms with Crippen LogP contribution in [-0.4, -0.2) is 58.2 Å². The van der Waals surface area contributed by atoms with Crippen LogP contribution in [0.25, 0.3) is 0 Å². The van der Waals surface area contributed by atoms with E-state index >= 15 is 0 Å². The van der Waals surface area contributed by atoms with E-state index in [1.807, 2.05) is 0 Å². The van der Waals surface area contributed by atoms with Crippen molar-refractivity contribution in [1.29, 1.82) is 0 Å². The summed E-state index contributed by atoms with van der Waals surface area (Å²) in [6.45, 7) is 1.76. The smallest absolute Gasteiger partial charge is 0.262 e. The average Bonchev–Trinajstić information content (AvgIpc) is 3.41. The van der Waals surface area contributed by atoms with E-state index in [4.69, 9.17) is 14.0 Å². The van der Waals surface area contributed by atoms with Crippen LogP contribution in [0.1, 0.15) is 43.5 Å². The summed E-state index contributed by atoms with van der Waals surface area (Å²) in [5.74, 6) is 0.992. The lowest BCUT2D eigenvalue weighted by Crippen LogP contribution is -2.40. The van der Waals surface area contributed by atoms with Gasteiger partial charge >= 0.3 is 0 Å². The van der Waals surface area contributed by atoms with Gasteiger partial charge in [0.15, 0.2) is 10.9 Å². The summed E-state index contributed by atoms with van der Waals surface area (Å²) < 4.78 is 44.9. The molecule has 148 valence electrons. The van der Waals surface area contributed by atoms with Crippen molar-refractivity contribution in [2.75, 3.05) is 19.7 Å². The first-order valence-corrected chi connectivity index (χ1v) is 10.5. The number of hydrogen-bond acceptors (Lipinski definition) is 8. The zero-order chi connectivity index (χ0) is 18.9. The maximum atomic E-state index is 12.6. The van der Waals surface area contributed by atoms with Gasteiger partial charge in [-0.1, -0.05) is 5.16 Å². The van der Waals surface area contributed by atoms with Crippen molar-refractivity contribution in [3.05, 3.63) is 24.2 Å². The summed E-state index contributed by atoms with van der Waals surface area (Å²) in [5.41, 5.74) is 0. The molecule has 2 fully saturated rings. The molecule has 0 spiro atoms. The lowest BCUT2D eigenvalue weighted by atomic mass is 10.1. The Labute approximate surface area is 157 Å². The van der Waals surface area contributed by atoms with Crippen molar-refractivity contribution in [2.24, 2.45) is 7.05 Å². The maximum absolute atomic E-state index is 12.6. The molecule has 2 saturated heterocycles. The molecule has 2 aromatic rings. The number of hydrogen-bond donors (Lipinski definition) is 0. The Morgan fingerprint density at radius 1 is 1.30 bits per heavy atom. The summed E-state index contributed by atoms with van der Waals surface area (Å²) in [7, 11) is -1.80. The molecule has 2 aliphatic heterocycles. The summed E-state index contributed by atoms with van der Waals surface area (Å²) in [6, 6.07) is 0. The first kappa shape index (κ1) is 18.5. The molecule has 0 aromatic carbocycles. The second-order valence-corrected chi connectivity index (χ2v) is 8.73. The molecule has 11 heteroatoms. The number of piperidine rings is 1. The molecule has 0 amide bonds. The van der Waals surface area contributed by atoms with E-state index in [2.05, 4.69) is 15.1 Å². The highest BCUT2D eigenvalue weighted by molar-refractivity contribution is 7.89. The topological polar surface area (TPSA) is 113 Å². The molecule has 1 unspecified atom stereocenters. The van der Waals surface area contributed by atoms with E-state index in [0.29, 0.717) is 37.6 Å². The SMILES string of the molecule is Cn1cnc(S(=O)(=O)N2CCC(OCc3noc(C4CCCO4)n3)CC2)c1. The van der Waals surface area contributed by atoms with Crippen molar-refractivity contribution in [1.82, 2.24) is 24.0 Å². The largest absolute Gasteiger partial charge is 0.370 e. The summed E-state index contributed by atoms with van der Waals surface area (Å²) >= 11 is 0. The predicted octanol–water partition coefficient (Wildman–Crippen LogP) is 1.02. The molecule has 0 aliphatic carbocycles. The fourth-order valence-corrected chi connectivity index (χ4v) is 4.75. The molecule has 0 bridgehead atoms. The van der Waals surface area contributed by atoms with Crippen molar-refractivity contribution in [3.63, 3.8) is 0 Å². The van der Waals surface area contributed by atoms with Crippen LogP contribution in [-0.2, 0) is 33.2 Å². The van der Waals surface area contributed by atoms with Gasteiger partial charge < -0.3 is 18.6 Å². The summed E-state index contributed by atoms with van der Waals surface area (Å²) in [6.07, 6.45) is 5.98. The van der Waals surface area contributed by atoms with Gasteiger partial charge in [0.05, 0.1) is 12.4 Å². The molecular weight excluding hydrogens is 374 g/mol. The first-order valence-electron chi connectivity index (χ1n) is 9.06. The number of ether oxygens (including phenoxy) is 2. The second kappa shape index (κ2) is 7.66. The third-order valence-electron chi connectivity index (χ3n) is 4.82. The number of nitrogens with zero attached hydrogens (tertiary/aromatic N) is 5. The Balaban J connectivity index is 1.27. The number of aromatic nitrogens is 4. The fourth-order valence-electron chi connectivity index (χ4n) is 3.32. The molecule has 4 heterocycles. The lowest BCUT2D eigenvalue weighted by molar-refractivity contribution is 0.00634. The van der Waals surface area contributed by atoms with Crippen LogP contribution in [0.15, 0.2) is 22.1 Å². The lowest BCUT2D eigenvalue weighted by Gasteiger charge is -2.30.